The number of aromatic nitrogens is 1. The minimum atomic E-state index is 0.0269. The van der Waals surface area contributed by atoms with Gasteiger partial charge < -0.3 is 5.11 Å². The molecule has 1 aromatic heterocycles. The molecular formula is C14H13NO. The summed E-state index contributed by atoms with van der Waals surface area (Å²) in [5, 5.41) is 9.06. The first kappa shape index (κ1) is 10.6. The van der Waals surface area contributed by atoms with Crippen LogP contribution in [0.1, 0.15) is 11.1 Å². The van der Waals surface area contributed by atoms with Crippen molar-refractivity contribution in [1.29, 1.82) is 0 Å². The van der Waals surface area contributed by atoms with Crippen molar-refractivity contribution in [3.8, 4) is 0 Å². The van der Waals surface area contributed by atoms with Gasteiger partial charge in [0.2, 0.25) is 0 Å². The monoisotopic (exact) mass is 211 g/mol. The molecule has 0 unspecified atom stereocenters. The van der Waals surface area contributed by atoms with Crippen LogP contribution in [0.3, 0.4) is 0 Å². The van der Waals surface area contributed by atoms with E-state index in [1.807, 2.05) is 42.5 Å². The van der Waals surface area contributed by atoms with Crippen LogP contribution in [-0.2, 0) is 0 Å². The molecule has 2 nitrogen and oxygen atoms in total. The van der Waals surface area contributed by atoms with Gasteiger partial charge in [-0.25, -0.2) is 0 Å². The van der Waals surface area contributed by atoms with E-state index in [0.717, 1.165) is 16.7 Å². The van der Waals surface area contributed by atoms with E-state index in [-0.39, 0.29) is 6.61 Å². The van der Waals surface area contributed by atoms with Crippen LogP contribution >= 0.6 is 0 Å². The zero-order valence-corrected chi connectivity index (χ0v) is 8.88. The molecule has 0 bridgehead atoms. The molecule has 0 aliphatic rings. The number of hydrogen-bond donors (Lipinski definition) is 1. The Hall–Kier alpha value is -1.93. The molecule has 0 saturated carbocycles. The first-order chi connectivity index (χ1) is 7.92. The number of rotatable bonds is 3. The molecular weight excluding hydrogens is 198 g/mol. The third-order valence-electron chi connectivity index (χ3n) is 2.35. The summed E-state index contributed by atoms with van der Waals surface area (Å²) in [5.41, 5.74) is 3.11. The molecule has 2 heteroatoms. The normalized spacial score (nSPS) is 11.4. The van der Waals surface area contributed by atoms with Crippen molar-refractivity contribution in [2.24, 2.45) is 0 Å². The maximum Gasteiger partial charge on any atom is 0.0621 e. The van der Waals surface area contributed by atoms with E-state index in [2.05, 4.69) is 4.98 Å². The Morgan fingerprint density at radius 2 is 1.81 bits per heavy atom. The molecule has 0 spiro atoms. The molecule has 1 aromatic carbocycles. The summed E-state index contributed by atoms with van der Waals surface area (Å²) in [4.78, 5) is 4.09. The van der Waals surface area contributed by atoms with Crippen molar-refractivity contribution in [3.05, 3.63) is 72.1 Å². The maximum absolute atomic E-state index is 9.06. The molecule has 2 rings (SSSR count). The Bertz CT molecular complexity index is 421. The van der Waals surface area contributed by atoms with Gasteiger partial charge in [0.15, 0.2) is 0 Å². The average Bonchev–Trinajstić information content (AvgIpc) is 2.38. The lowest BCUT2D eigenvalue weighted by Crippen LogP contribution is -1.90. The first-order valence-corrected chi connectivity index (χ1v) is 5.18. The summed E-state index contributed by atoms with van der Waals surface area (Å²) in [7, 11) is 0. The Morgan fingerprint density at radius 3 is 2.44 bits per heavy atom. The highest BCUT2D eigenvalue weighted by molar-refractivity contribution is 5.79. The van der Waals surface area contributed by atoms with E-state index in [0.29, 0.717) is 0 Å². The topological polar surface area (TPSA) is 33.1 Å². The number of pyridine rings is 1. The summed E-state index contributed by atoms with van der Waals surface area (Å²) >= 11 is 0. The van der Waals surface area contributed by atoms with Crippen LogP contribution in [0.15, 0.2) is 60.9 Å². The van der Waals surface area contributed by atoms with Crippen molar-refractivity contribution in [2.75, 3.05) is 6.61 Å². The molecule has 1 N–H and O–H groups in total. The zero-order chi connectivity index (χ0) is 11.2. The second kappa shape index (κ2) is 5.24. The standard InChI is InChI=1S/C14H13NO/c16-10-8-14(12-5-2-1-3-6-12)13-7-4-9-15-11-13/h1-9,11,16H,10H2. The van der Waals surface area contributed by atoms with Crippen LogP contribution in [0.4, 0.5) is 0 Å². The van der Waals surface area contributed by atoms with Crippen LogP contribution in [-0.4, -0.2) is 16.7 Å². The van der Waals surface area contributed by atoms with Gasteiger partial charge in [0, 0.05) is 18.0 Å². The van der Waals surface area contributed by atoms with Gasteiger partial charge >= 0.3 is 0 Å². The highest BCUT2D eigenvalue weighted by Crippen LogP contribution is 2.21. The summed E-state index contributed by atoms with van der Waals surface area (Å²) in [6, 6.07) is 13.9. The van der Waals surface area contributed by atoms with Crippen LogP contribution in [0.2, 0.25) is 0 Å². The summed E-state index contributed by atoms with van der Waals surface area (Å²) in [5.74, 6) is 0. The lowest BCUT2D eigenvalue weighted by molar-refractivity contribution is 0.343. The lowest BCUT2D eigenvalue weighted by Gasteiger charge is -2.07. The molecule has 0 atom stereocenters. The zero-order valence-electron chi connectivity index (χ0n) is 8.88. The van der Waals surface area contributed by atoms with Crippen molar-refractivity contribution >= 4 is 5.57 Å². The number of aliphatic hydroxyl groups excluding tert-OH is 1. The molecule has 1 heterocycles. The van der Waals surface area contributed by atoms with Gasteiger partial charge in [-0.1, -0.05) is 42.5 Å². The van der Waals surface area contributed by atoms with Crippen LogP contribution in [0.25, 0.3) is 5.57 Å². The molecule has 2 aromatic rings. The Balaban J connectivity index is 2.44. The van der Waals surface area contributed by atoms with Gasteiger partial charge in [-0.3, -0.25) is 4.98 Å². The fourth-order valence-corrected chi connectivity index (χ4v) is 1.63. The number of nitrogens with zero attached hydrogens (tertiary/aromatic N) is 1. The molecule has 0 aliphatic carbocycles. The van der Waals surface area contributed by atoms with Crippen molar-refractivity contribution in [2.45, 2.75) is 0 Å². The maximum atomic E-state index is 9.06. The second-order valence-corrected chi connectivity index (χ2v) is 3.41. The van der Waals surface area contributed by atoms with Gasteiger partial charge in [0.05, 0.1) is 6.61 Å². The largest absolute Gasteiger partial charge is 0.392 e. The molecule has 0 amide bonds. The van der Waals surface area contributed by atoms with E-state index >= 15 is 0 Å². The summed E-state index contributed by atoms with van der Waals surface area (Å²) in [6.45, 7) is 0.0269. The third-order valence-corrected chi connectivity index (χ3v) is 2.35. The number of benzene rings is 1. The molecule has 0 saturated heterocycles. The molecule has 0 radical (unpaired) electrons. The minimum absolute atomic E-state index is 0.0269. The number of hydrogen-bond acceptors (Lipinski definition) is 2. The number of aliphatic hydroxyl groups is 1. The molecule has 0 fully saturated rings. The minimum Gasteiger partial charge on any atom is -0.392 e. The Kier molecular flexibility index (Phi) is 3.46. The van der Waals surface area contributed by atoms with Crippen LogP contribution in [0.5, 0.6) is 0 Å². The van der Waals surface area contributed by atoms with Crippen molar-refractivity contribution in [3.63, 3.8) is 0 Å². The fourth-order valence-electron chi connectivity index (χ4n) is 1.63. The molecule has 0 aliphatic heterocycles. The lowest BCUT2D eigenvalue weighted by atomic mass is 9.99. The van der Waals surface area contributed by atoms with E-state index in [9.17, 15) is 0 Å². The van der Waals surface area contributed by atoms with Gasteiger partial charge in [-0.05, 0) is 17.2 Å². The van der Waals surface area contributed by atoms with Crippen molar-refractivity contribution in [1.82, 2.24) is 4.98 Å². The predicted molar refractivity (Wildman–Crippen MR) is 64.8 cm³/mol. The van der Waals surface area contributed by atoms with E-state index < -0.39 is 0 Å². The van der Waals surface area contributed by atoms with Crippen LogP contribution < -0.4 is 0 Å². The predicted octanol–water partition coefficient (Wildman–Crippen LogP) is 2.51. The highest BCUT2D eigenvalue weighted by atomic mass is 16.2. The molecule has 16 heavy (non-hydrogen) atoms. The average molecular weight is 211 g/mol. The van der Waals surface area contributed by atoms with Gasteiger partial charge in [0.1, 0.15) is 0 Å². The van der Waals surface area contributed by atoms with E-state index in [1.54, 1.807) is 18.5 Å². The Labute approximate surface area is 94.9 Å². The SMILES string of the molecule is OCC=C(c1ccccc1)c1cccnc1. The summed E-state index contributed by atoms with van der Waals surface area (Å²) < 4.78 is 0. The second-order valence-electron chi connectivity index (χ2n) is 3.41. The first-order valence-electron chi connectivity index (χ1n) is 5.18. The van der Waals surface area contributed by atoms with Gasteiger partial charge in [-0.2, -0.15) is 0 Å². The summed E-state index contributed by atoms with van der Waals surface area (Å²) in [6.07, 6.45) is 5.34. The Morgan fingerprint density at radius 1 is 1.06 bits per heavy atom. The van der Waals surface area contributed by atoms with E-state index in [1.165, 1.54) is 0 Å². The fraction of sp³-hybridized carbons (Fsp3) is 0.0714. The quantitative estimate of drug-likeness (QED) is 0.846. The van der Waals surface area contributed by atoms with E-state index in [4.69, 9.17) is 5.11 Å². The highest BCUT2D eigenvalue weighted by Gasteiger charge is 2.03. The molecule has 80 valence electrons. The van der Waals surface area contributed by atoms with Crippen LogP contribution in [0, 0.1) is 0 Å². The van der Waals surface area contributed by atoms with Gasteiger partial charge in [-0.15, -0.1) is 0 Å². The third kappa shape index (κ3) is 2.35. The van der Waals surface area contributed by atoms with Crippen molar-refractivity contribution < 1.29 is 5.11 Å². The van der Waals surface area contributed by atoms with Gasteiger partial charge in [0.25, 0.3) is 0 Å². The smallest absolute Gasteiger partial charge is 0.0621 e.